The molecule has 3 heterocycles. The van der Waals surface area contributed by atoms with Crippen molar-refractivity contribution in [2.24, 2.45) is 7.05 Å². The van der Waals surface area contributed by atoms with Crippen LogP contribution in [0.25, 0.3) is 0 Å². The Balaban J connectivity index is 0.00000169. The van der Waals surface area contributed by atoms with Gasteiger partial charge in [0, 0.05) is 44.6 Å². The van der Waals surface area contributed by atoms with E-state index in [0.717, 1.165) is 30.0 Å². The molecule has 1 fully saturated rings. The maximum absolute atomic E-state index is 12.4. The van der Waals surface area contributed by atoms with Crippen LogP contribution in [0.1, 0.15) is 30.0 Å². The maximum atomic E-state index is 12.4. The number of anilines is 1. The largest absolute Gasteiger partial charge is 0.357 e. The Hall–Kier alpha value is -1.83. The van der Waals surface area contributed by atoms with Crippen LogP contribution in [0.4, 0.5) is 5.82 Å². The van der Waals surface area contributed by atoms with Crippen LogP contribution >= 0.6 is 24.8 Å². The van der Waals surface area contributed by atoms with Crippen LogP contribution in [0.5, 0.6) is 0 Å². The first-order valence-corrected chi connectivity index (χ1v) is 8.31. The number of rotatable bonds is 6. The molecule has 0 radical (unpaired) electrons. The summed E-state index contributed by atoms with van der Waals surface area (Å²) >= 11 is 0. The number of pyridine rings is 1. The van der Waals surface area contributed by atoms with Crippen molar-refractivity contribution in [1.29, 1.82) is 0 Å². The Morgan fingerprint density at radius 1 is 1.23 bits per heavy atom. The Morgan fingerprint density at radius 2 is 1.96 bits per heavy atom. The molecule has 1 amide bonds. The van der Waals surface area contributed by atoms with Crippen LogP contribution in [0, 0.1) is 0 Å². The highest BCUT2D eigenvalue weighted by Gasteiger charge is 2.20. The fourth-order valence-corrected chi connectivity index (χ4v) is 2.98. The zero-order valence-electron chi connectivity index (χ0n) is 15.0. The predicted octanol–water partition coefficient (Wildman–Crippen LogP) is 1.84. The van der Waals surface area contributed by atoms with E-state index in [4.69, 9.17) is 0 Å². The predicted molar refractivity (Wildman–Crippen MR) is 107 cm³/mol. The van der Waals surface area contributed by atoms with Gasteiger partial charge >= 0.3 is 0 Å². The molecule has 0 aromatic carbocycles. The summed E-state index contributed by atoms with van der Waals surface area (Å²) in [4.78, 5) is 19.2. The van der Waals surface area contributed by atoms with Gasteiger partial charge in [0.2, 0.25) is 5.91 Å². The first-order chi connectivity index (χ1) is 11.7. The third kappa shape index (κ3) is 5.33. The molecule has 7 nitrogen and oxygen atoms in total. The number of aromatic nitrogens is 3. The second-order valence-corrected chi connectivity index (χ2v) is 6.11. The molecule has 26 heavy (non-hydrogen) atoms. The fourth-order valence-electron chi connectivity index (χ4n) is 2.98. The lowest BCUT2D eigenvalue weighted by Crippen LogP contribution is -2.35. The molecule has 0 aliphatic carbocycles. The molecule has 2 aromatic heterocycles. The van der Waals surface area contributed by atoms with E-state index >= 15 is 0 Å². The van der Waals surface area contributed by atoms with Gasteiger partial charge in [0.1, 0.15) is 11.9 Å². The molecule has 1 aliphatic rings. The summed E-state index contributed by atoms with van der Waals surface area (Å²) in [6, 6.07) is 3.65. The van der Waals surface area contributed by atoms with Gasteiger partial charge < -0.3 is 15.5 Å². The van der Waals surface area contributed by atoms with Crippen molar-refractivity contribution in [2.75, 3.05) is 25.0 Å². The molecule has 1 atom stereocenters. The average Bonchev–Trinajstić information content (AvgIpc) is 3.26. The van der Waals surface area contributed by atoms with Gasteiger partial charge in [0.05, 0.1) is 6.20 Å². The topological polar surface area (TPSA) is 75.1 Å². The van der Waals surface area contributed by atoms with Crippen LogP contribution in [0.15, 0.2) is 30.7 Å². The summed E-state index contributed by atoms with van der Waals surface area (Å²) in [6.45, 7) is 2.63. The molecule has 1 saturated heterocycles. The van der Waals surface area contributed by atoms with Crippen molar-refractivity contribution < 1.29 is 4.79 Å². The van der Waals surface area contributed by atoms with E-state index in [-0.39, 0.29) is 30.7 Å². The number of nitrogens with one attached hydrogen (secondary N) is 2. The number of hydrogen-bond donors (Lipinski definition) is 2. The van der Waals surface area contributed by atoms with E-state index in [1.807, 2.05) is 31.6 Å². The van der Waals surface area contributed by atoms with Gasteiger partial charge in [-0.15, -0.1) is 24.8 Å². The third-order valence-corrected chi connectivity index (χ3v) is 4.31. The molecule has 2 N–H and O–H groups in total. The Morgan fingerprint density at radius 3 is 2.50 bits per heavy atom. The van der Waals surface area contributed by atoms with E-state index in [0.29, 0.717) is 6.54 Å². The van der Waals surface area contributed by atoms with Gasteiger partial charge in [0.15, 0.2) is 0 Å². The van der Waals surface area contributed by atoms with Crippen LogP contribution < -0.4 is 15.5 Å². The zero-order chi connectivity index (χ0) is 16.9. The maximum Gasteiger partial charge on any atom is 0.242 e. The highest BCUT2D eigenvalue weighted by molar-refractivity contribution is 5.85. The smallest absolute Gasteiger partial charge is 0.242 e. The molecule has 0 spiro atoms. The average molecular weight is 401 g/mol. The van der Waals surface area contributed by atoms with Crippen LogP contribution in [-0.2, 0) is 18.4 Å². The Kier molecular flexibility index (Phi) is 8.84. The summed E-state index contributed by atoms with van der Waals surface area (Å²) in [7, 11) is 3.60. The highest BCUT2D eigenvalue weighted by Crippen LogP contribution is 2.17. The van der Waals surface area contributed by atoms with Gasteiger partial charge in [-0.3, -0.25) is 9.48 Å². The van der Waals surface area contributed by atoms with Gasteiger partial charge in [-0.1, -0.05) is 6.07 Å². The third-order valence-electron chi connectivity index (χ3n) is 4.31. The summed E-state index contributed by atoms with van der Waals surface area (Å²) in [5.74, 6) is 0.945. The van der Waals surface area contributed by atoms with Gasteiger partial charge in [-0.25, -0.2) is 4.98 Å². The molecular weight excluding hydrogens is 375 g/mol. The number of aryl methyl sites for hydroxylation is 1. The molecule has 0 saturated carbocycles. The molecule has 3 rings (SSSR count). The number of halogens is 2. The number of likely N-dealkylation sites (N-methyl/N-ethyl adjacent to an activating group) is 1. The summed E-state index contributed by atoms with van der Waals surface area (Å²) in [5.41, 5.74) is 1.84. The van der Waals surface area contributed by atoms with Crippen molar-refractivity contribution in [3.8, 4) is 0 Å². The van der Waals surface area contributed by atoms with E-state index < -0.39 is 6.04 Å². The van der Waals surface area contributed by atoms with Gasteiger partial charge in [-0.2, -0.15) is 5.10 Å². The lowest BCUT2D eigenvalue weighted by Gasteiger charge is -2.17. The fraction of sp³-hybridized carbons (Fsp3) is 0.471. The number of carbonyl (C=O) groups is 1. The first-order valence-electron chi connectivity index (χ1n) is 8.31. The molecule has 144 valence electrons. The van der Waals surface area contributed by atoms with Crippen molar-refractivity contribution in [3.05, 3.63) is 41.9 Å². The second-order valence-electron chi connectivity index (χ2n) is 6.11. The lowest BCUT2D eigenvalue weighted by molar-refractivity contribution is -0.123. The zero-order valence-corrected chi connectivity index (χ0v) is 16.6. The summed E-state index contributed by atoms with van der Waals surface area (Å²) < 4.78 is 1.69. The number of nitrogens with zero attached hydrogens (tertiary/aromatic N) is 4. The van der Waals surface area contributed by atoms with E-state index in [1.54, 1.807) is 17.9 Å². The molecule has 1 unspecified atom stereocenters. The van der Waals surface area contributed by atoms with Crippen molar-refractivity contribution >= 4 is 36.5 Å². The van der Waals surface area contributed by atoms with Crippen molar-refractivity contribution in [2.45, 2.75) is 25.4 Å². The van der Waals surface area contributed by atoms with Crippen LogP contribution in [0.2, 0.25) is 0 Å². The van der Waals surface area contributed by atoms with E-state index in [9.17, 15) is 4.79 Å². The molecular formula is C17H26Cl2N6O. The minimum absolute atomic E-state index is 0. The quantitative estimate of drug-likeness (QED) is 0.773. The highest BCUT2D eigenvalue weighted by atomic mass is 35.5. The molecule has 1 aliphatic heterocycles. The van der Waals surface area contributed by atoms with Gasteiger partial charge in [0.25, 0.3) is 0 Å². The number of carbonyl (C=O) groups excluding carboxylic acids is 1. The number of amides is 1. The summed E-state index contributed by atoms with van der Waals surface area (Å²) in [6.07, 6.45) is 7.85. The normalized spacial score (nSPS) is 14.3. The standard InChI is InChI=1S/C17H24N6O.2ClH/c1-18-16(14-11-21-22(2)12-14)17(24)20-10-13-5-6-15(19-9-13)23-7-3-4-8-23;;/h5-6,9,11-12,16,18H,3-4,7-8,10H2,1-2H3,(H,20,24);2*1H. The Labute approximate surface area is 166 Å². The first kappa shape index (κ1) is 22.2. The second kappa shape index (κ2) is 10.4. The van der Waals surface area contributed by atoms with Crippen molar-refractivity contribution in [1.82, 2.24) is 25.4 Å². The Bertz CT molecular complexity index is 685. The molecule has 0 bridgehead atoms. The minimum Gasteiger partial charge on any atom is -0.357 e. The van der Waals surface area contributed by atoms with Crippen LogP contribution in [0.3, 0.4) is 0 Å². The van der Waals surface area contributed by atoms with E-state index in [2.05, 4.69) is 25.6 Å². The van der Waals surface area contributed by atoms with Crippen molar-refractivity contribution in [3.63, 3.8) is 0 Å². The minimum atomic E-state index is -0.407. The van der Waals surface area contributed by atoms with Crippen LogP contribution in [-0.4, -0.2) is 40.8 Å². The summed E-state index contributed by atoms with van der Waals surface area (Å²) in [5, 5.41) is 10.1. The monoisotopic (exact) mass is 400 g/mol. The van der Waals surface area contributed by atoms with Gasteiger partial charge in [-0.05, 0) is 31.5 Å². The SMILES string of the molecule is CNC(C(=O)NCc1ccc(N2CCCC2)nc1)c1cnn(C)c1.Cl.Cl. The molecule has 9 heteroatoms. The molecule has 2 aromatic rings. The lowest BCUT2D eigenvalue weighted by atomic mass is 10.1. The number of hydrogen-bond acceptors (Lipinski definition) is 5. The van der Waals surface area contributed by atoms with E-state index in [1.165, 1.54) is 12.8 Å².